The van der Waals surface area contributed by atoms with Gasteiger partial charge < -0.3 is 5.32 Å². The molecule has 0 aliphatic heterocycles. The zero-order valence-corrected chi connectivity index (χ0v) is 11.7. The molecular formula is C16H19N3. The Bertz CT molecular complexity index is 574. The highest BCUT2D eigenvalue weighted by Gasteiger charge is 2.01. The van der Waals surface area contributed by atoms with Crippen molar-refractivity contribution in [3.63, 3.8) is 0 Å². The zero-order valence-electron chi connectivity index (χ0n) is 11.7. The lowest BCUT2D eigenvalue weighted by Gasteiger charge is -2.10. The highest BCUT2D eigenvalue weighted by atomic mass is 14.9. The van der Waals surface area contributed by atoms with Gasteiger partial charge in [-0.1, -0.05) is 19.2 Å². The van der Waals surface area contributed by atoms with Gasteiger partial charge >= 0.3 is 0 Å². The van der Waals surface area contributed by atoms with E-state index < -0.39 is 0 Å². The second-order valence-electron chi connectivity index (χ2n) is 4.52. The van der Waals surface area contributed by atoms with E-state index in [2.05, 4.69) is 23.8 Å². The van der Waals surface area contributed by atoms with Crippen LogP contribution in [0.2, 0.25) is 0 Å². The van der Waals surface area contributed by atoms with Gasteiger partial charge in [0.1, 0.15) is 0 Å². The van der Waals surface area contributed by atoms with Gasteiger partial charge in [0.05, 0.1) is 0 Å². The second kappa shape index (κ2) is 6.46. The fraction of sp³-hybridized carbons (Fsp3) is 0.188. The first-order valence-corrected chi connectivity index (χ1v) is 6.00. The van der Waals surface area contributed by atoms with Crippen LogP contribution in [0.5, 0.6) is 0 Å². The minimum Gasteiger partial charge on any atom is -0.360 e. The molecule has 0 saturated heterocycles. The molecule has 0 aliphatic rings. The summed E-state index contributed by atoms with van der Waals surface area (Å²) in [6.45, 7) is 13.5. The van der Waals surface area contributed by atoms with Crippen molar-refractivity contribution in [3.05, 3.63) is 59.5 Å². The van der Waals surface area contributed by atoms with E-state index >= 15 is 0 Å². The highest BCUT2D eigenvalue weighted by molar-refractivity contribution is 5.65. The number of benzene rings is 1. The lowest BCUT2D eigenvalue weighted by atomic mass is 10.0. The molecule has 0 aliphatic carbocycles. The van der Waals surface area contributed by atoms with E-state index in [4.69, 9.17) is 5.26 Å². The summed E-state index contributed by atoms with van der Waals surface area (Å²) in [5, 5.41) is 14.3. The third kappa shape index (κ3) is 4.36. The molecule has 0 heterocycles. The molecule has 0 amide bonds. The smallest absolute Gasteiger partial charge is 0.181 e. The first kappa shape index (κ1) is 14.6. The number of hydrogen-bond donors (Lipinski definition) is 2. The van der Waals surface area contributed by atoms with Crippen molar-refractivity contribution in [1.29, 1.82) is 5.26 Å². The predicted molar refractivity (Wildman–Crippen MR) is 81.2 cm³/mol. The SMILES string of the molecule is C=C(C)Nc1ccc(C)c(/C=C(\C)C(=C)NC#N)c1. The van der Waals surface area contributed by atoms with Crippen LogP contribution in [0, 0.1) is 18.4 Å². The van der Waals surface area contributed by atoms with Crippen LogP contribution >= 0.6 is 0 Å². The van der Waals surface area contributed by atoms with Crippen LogP contribution in [0.4, 0.5) is 5.69 Å². The van der Waals surface area contributed by atoms with Crippen molar-refractivity contribution in [1.82, 2.24) is 5.32 Å². The zero-order chi connectivity index (χ0) is 14.4. The van der Waals surface area contributed by atoms with Crippen molar-refractivity contribution >= 4 is 11.8 Å². The molecule has 1 aromatic carbocycles. The third-order valence-electron chi connectivity index (χ3n) is 2.69. The largest absolute Gasteiger partial charge is 0.360 e. The van der Waals surface area contributed by atoms with Gasteiger partial charge in [0.2, 0.25) is 0 Å². The molecule has 19 heavy (non-hydrogen) atoms. The summed E-state index contributed by atoms with van der Waals surface area (Å²) >= 11 is 0. The van der Waals surface area contributed by atoms with E-state index in [1.807, 2.05) is 51.2 Å². The van der Waals surface area contributed by atoms with E-state index in [1.54, 1.807) is 0 Å². The maximum atomic E-state index is 8.58. The van der Waals surface area contributed by atoms with Gasteiger partial charge in [-0.2, -0.15) is 5.26 Å². The highest BCUT2D eigenvalue weighted by Crippen LogP contribution is 2.20. The Balaban J connectivity index is 3.06. The topological polar surface area (TPSA) is 47.8 Å². The minimum absolute atomic E-state index is 0.611. The van der Waals surface area contributed by atoms with Crippen molar-refractivity contribution < 1.29 is 0 Å². The minimum atomic E-state index is 0.611. The van der Waals surface area contributed by atoms with Gasteiger partial charge in [-0.05, 0) is 55.7 Å². The first-order valence-electron chi connectivity index (χ1n) is 6.00. The number of allylic oxidation sites excluding steroid dienone is 2. The Kier molecular flexibility index (Phi) is 4.96. The number of hydrogen-bond acceptors (Lipinski definition) is 3. The number of nitrogens with zero attached hydrogens (tertiary/aromatic N) is 1. The molecule has 1 rings (SSSR count). The number of anilines is 1. The quantitative estimate of drug-likeness (QED) is 0.475. The van der Waals surface area contributed by atoms with Gasteiger partial charge in [-0.15, -0.1) is 0 Å². The third-order valence-corrected chi connectivity index (χ3v) is 2.69. The summed E-state index contributed by atoms with van der Waals surface area (Å²) < 4.78 is 0. The van der Waals surface area contributed by atoms with E-state index in [0.717, 1.165) is 28.1 Å². The van der Waals surface area contributed by atoms with Crippen LogP contribution in [0.15, 0.2) is 48.3 Å². The molecule has 0 aromatic heterocycles. The van der Waals surface area contributed by atoms with E-state index in [1.165, 1.54) is 0 Å². The van der Waals surface area contributed by atoms with Crippen molar-refractivity contribution in [2.75, 3.05) is 5.32 Å². The van der Waals surface area contributed by atoms with Crippen LogP contribution in [0.25, 0.3) is 6.08 Å². The van der Waals surface area contributed by atoms with Crippen molar-refractivity contribution in [2.24, 2.45) is 0 Å². The van der Waals surface area contributed by atoms with E-state index in [9.17, 15) is 0 Å². The predicted octanol–water partition coefficient (Wildman–Crippen LogP) is 3.93. The Morgan fingerprint density at radius 3 is 2.58 bits per heavy atom. The normalized spacial score (nSPS) is 10.5. The average Bonchev–Trinajstić information content (AvgIpc) is 2.33. The van der Waals surface area contributed by atoms with Crippen LogP contribution in [-0.2, 0) is 0 Å². The summed E-state index contributed by atoms with van der Waals surface area (Å²) in [5.74, 6) is 0. The number of nitrogens with one attached hydrogen (secondary N) is 2. The fourth-order valence-electron chi connectivity index (χ4n) is 1.61. The number of aryl methyl sites for hydroxylation is 1. The first-order chi connectivity index (χ1) is 8.93. The molecule has 0 atom stereocenters. The summed E-state index contributed by atoms with van der Waals surface area (Å²) in [7, 11) is 0. The summed E-state index contributed by atoms with van der Waals surface area (Å²) in [6, 6.07) is 6.11. The van der Waals surface area contributed by atoms with Crippen LogP contribution in [-0.4, -0.2) is 0 Å². The molecule has 3 heteroatoms. The Morgan fingerprint density at radius 2 is 2.00 bits per heavy atom. The molecule has 0 radical (unpaired) electrons. The van der Waals surface area contributed by atoms with Crippen LogP contribution in [0.3, 0.4) is 0 Å². The van der Waals surface area contributed by atoms with Gasteiger partial charge in [0.25, 0.3) is 0 Å². The maximum Gasteiger partial charge on any atom is 0.181 e. The van der Waals surface area contributed by atoms with E-state index in [0.29, 0.717) is 5.70 Å². The standard InChI is InChI=1S/C16H19N3/c1-11(2)19-16-7-6-12(3)15(9-16)8-13(4)14(5)18-10-17/h6-9,18-19H,1,5H2,2-4H3/b13-8+. The lowest BCUT2D eigenvalue weighted by Crippen LogP contribution is -2.04. The molecule has 3 nitrogen and oxygen atoms in total. The monoisotopic (exact) mass is 253 g/mol. The van der Waals surface area contributed by atoms with Crippen molar-refractivity contribution in [3.8, 4) is 6.19 Å². The molecule has 0 saturated carbocycles. The van der Waals surface area contributed by atoms with Gasteiger partial charge in [0.15, 0.2) is 6.19 Å². The summed E-state index contributed by atoms with van der Waals surface area (Å²) in [6.07, 6.45) is 3.88. The molecule has 2 N–H and O–H groups in total. The Morgan fingerprint density at radius 1 is 1.32 bits per heavy atom. The van der Waals surface area contributed by atoms with Gasteiger partial charge in [-0.3, -0.25) is 5.32 Å². The van der Waals surface area contributed by atoms with Crippen LogP contribution < -0.4 is 10.6 Å². The van der Waals surface area contributed by atoms with Crippen LogP contribution in [0.1, 0.15) is 25.0 Å². The fourth-order valence-corrected chi connectivity index (χ4v) is 1.61. The number of rotatable bonds is 5. The number of nitriles is 1. The average molecular weight is 253 g/mol. The molecule has 0 bridgehead atoms. The van der Waals surface area contributed by atoms with E-state index in [-0.39, 0.29) is 0 Å². The maximum absolute atomic E-state index is 8.58. The van der Waals surface area contributed by atoms with Gasteiger partial charge in [0, 0.05) is 17.1 Å². The van der Waals surface area contributed by atoms with Gasteiger partial charge in [-0.25, -0.2) is 0 Å². The molecule has 0 fully saturated rings. The molecule has 98 valence electrons. The molecule has 0 unspecified atom stereocenters. The van der Waals surface area contributed by atoms with Crippen molar-refractivity contribution in [2.45, 2.75) is 20.8 Å². The lowest BCUT2D eigenvalue weighted by molar-refractivity contribution is 1.09. The Hall–Kier alpha value is -2.47. The summed E-state index contributed by atoms with van der Waals surface area (Å²) in [5.41, 5.74) is 5.68. The molecule has 1 aromatic rings. The Labute approximate surface area is 115 Å². The second-order valence-corrected chi connectivity index (χ2v) is 4.52. The molecular weight excluding hydrogens is 234 g/mol. The molecule has 0 spiro atoms. The summed E-state index contributed by atoms with van der Waals surface area (Å²) in [4.78, 5) is 0.